The molecule has 1 aliphatic heterocycles. The molecule has 1 aromatic rings. The fourth-order valence-corrected chi connectivity index (χ4v) is 4.66. The molecule has 1 fully saturated rings. The van der Waals surface area contributed by atoms with Crippen LogP contribution in [0.3, 0.4) is 0 Å². The number of carbonyl (C=O) groups is 1. The van der Waals surface area contributed by atoms with Crippen LogP contribution in [-0.4, -0.2) is 38.0 Å². The van der Waals surface area contributed by atoms with Crippen molar-refractivity contribution in [3.63, 3.8) is 0 Å². The second kappa shape index (κ2) is 6.36. The van der Waals surface area contributed by atoms with Gasteiger partial charge >= 0.3 is 0 Å². The zero-order chi connectivity index (χ0) is 15.5. The average molecular weight is 376 g/mol. The molecule has 5 nitrogen and oxygen atoms in total. The van der Waals surface area contributed by atoms with Crippen LogP contribution in [0.25, 0.3) is 0 Å². The molecule has 1 amide bonds. The number of nitrogens with one attached hydrogen (secondary N) is 1. The molecule has 7 heteroatoms. The minimum atomic E-state index is -3.02. The van der Waals surface area contributed by atoms with Gasteiger partial charge in [-0.15, -0.1) is 0 Å². The summed E-state index contributed by atoms with van der Waals surface area (Å²) in [6.07, 6.45) is 0.667. The van der Waals surface area contributed by atoms with E-state index in [2.05, 4.69) is 21.2 Å². The zero-order valence-electron chi connectivity index (χ0n) is 11.8. The molecular formula is C14H18BrNO4S. The van der Waals surface area contributed by atoms with Gasteiger partial charge in [0.15, 0.2) is 9.84 Å². The zero-order valence-corrected chi connectivity index (χ0v) is 14.2. The summed E-state index contributed by atoms with van der Waals surface area (Å²) in [4.78, 5) is 11.9. The number of halogens is 1. The van der Waals surface area contributed by atoms with Crippen molar-refractivity contribution < 1.29 is 17.9 Å². The van der Waals surface area contributed by atoms with Gasteiger partial charge in [-0.2, -0.15) is 0 Å². The minimum Gasteiger partial charge on any atom is -0.493 e. The molecule has 1 heterocycles. The first-order chi connectivity index (χ1) is 9.78. The quantitative estimate of drug-likeness (QED) is 0.852. The fraction of sp³-hybridized carbons (Fsp3) is 0.500. The predicted molar refractivity (Wildman–Crippen MR) is 84.1 cm³/mol. The van der Waals surface area contributed by atoms with Crippen molar-refractivity contribution >= 4 is 31.7 Å². The molecule has 0 bridgehead atoms. The number of carbonyl (C=O) groups excluding carboxylic acids is 1. The highest BCUT2D eigenvalue weighted by Gasteiger charge is 2.39. The monoisotopic (exact) mass is 375 g/mol. The van der Waals surface area contributed by atoms with Crippen molar-refractivity contribution in [3.8, 4) is 5.75 Å². The third kappa shape index (κ3) is 5.00. The Balaban J connectivity index is 1.76. The number of hydrogen-bond acceptors (Lipinski definition) is 4. The van der Waals surface area contributed by atoms with Gasteiger partial charge in [0.05, 0.1) is 30.1 Å². The minimum absolute atomic E-state index is 0.0132. The SMILES string of the molecule is C[C@@]1(NC(=O)CCOc2ccc(Br)cc2)CCS(=O)(=O)C1. The van der Waals surface area contributed by atoms with Crippen LogP contribution in [0.15, 0.2) is 28.7 Å². The second-order valence-electron chi connectivity index (χ2n) is 5.50. The number of rotatable bonds is 5. The highest BCUT2D eigenvalue weighted by Crippen LogP contribution is 2.23. The number of hydrogen-bond donors (Lipinski definition) is 1. The smallest absolute Gasteiger partial charge is 0.223 e. The fourth-order valence-electron chi connectivity index (χ4n) is 2.30. The molecule has 116 valence electrons. The largest absolute Gasteiger partial charge is 0.493 e. The van der Waals surface area contributed by atoms with Crippen LogP contribution in [0.2, 0.25) is 0 Å². The Morgan fingerprint density at radius 2 is 2.05 bits per heavy atom. The lowest BCUT2D eigenvalue weighted by Gasteiger charge is -2.23. The first kappa shape index (κ1) is 16.3. The standard InChI is InChI=1S/C14H18BrNO4S/c1-14(7-9-21(18,19)10-14)16-13(17)6-8-20-12-4-2-11(15)3-5-12/h2-5H,6-10H2,1H3,(H,16,17)/t14-/m1/s1. The maximum absolute atomic E-state index is 11.9. The molecule has 1 aliphatic rings. The van der Waals surface area contributed by atoms with Gasteiger partial charge in [0.2, 0.25) is 5.91 Å². The van der Waals surface area contributed by atoms with Gasteiger partial charge in [-0.05, 0) is 37.6 Å². The van der Waals surface area contributed by atoms with E-state index >= 15 is 0 Å². The van der Waals surface area contributed by atoms with Gasteiger partial charge in [0.25, 0.3) is 0 Å². The normalized spacial score (nSPS) is 23.7. The van der Waals surface area contributed by atoms with Crippen LogP contribution in [0.1, 0.15) is 19.8 Å². The Bertz CT molecular complexity index is 614. The van der Waals surface area contributed by atoms with Gasteiger partial charge in [0, 0.05) is 4.47 Å². The molecule has 1 atom stereocenters. The van der Waals surface area contributed by atoms with Crippen molar-refractivity contribution in [3.05, 3.63) is 28.7 Å². The van der Waals surface area contributed by atoms with Crippen molar-refractivity contribution in [2.75, 3.05) is 18.1 Å². The number of sulfone groups is 1. The molecule has 0 aromatic heterocycles. The summed E-state index contributed by atoms with van der Waals surface area (Å²) < 4.78 is 29.4. The molecular weight excluding hydrogens is 358 g/mol. The van der Waals surface area contributed by atoms with E-state index < -0.39 is 15.4 Å². The summed E-state index contributed by atoms with van der Waals surface area (Å²) in [5.41, 5.74) is -0.645. The molecule has 1 N–H and O–H groups in total. The highest BCUT2D eigenvalue weighted by atomic mass is 79.9. The Morgan fingerprint density at radius 1 is 1.38 bits per heavy atom. The van der Waals surface area contributed by atoms with Crippen LogP contribution in [0.4, 0.5) is 0 Å². The number of ether oxygens (including phenoxy) is 1. The Morgan fingerprint density at radius 3 is 2.62 bits per heavy atom. The lowest BCUT2D eigenvalue weighted by Crippen LogP contribution is -2.47. The van der Waals surface area contributed by atoms with Crippen LogP contribution in [0.5, 0.6) is 5.75 Å². The summed E-state index contributed by atoms with van der Waals surface area (Å²) in [6, 6.07) is 7.35. The van der Waals surface area contributed by atoms with Crippen LogP contribution < -0.4 is 10.1 Å². The maximum atomic E-state index is 11.9. The molecule has 0 spiro atoms. The second-order valence-corrected chi connectivity index (χ2v) is 8.60. The van der Waals surface area contributed by atoms with E-state index in [9.17, 15) is 13.2 Å². The predicted octanol–water partition coefficient (Wildman–Crippen LogP) is 1.91. The molecule has 0 radical (unpaired) electrons. The van der Waals surface area contributed by atoms with E-state index in [0.29, 0.717) is 12.2 Å². The molecule has 0 unspecified atom stereocenters. The third-order valence-corrected chi connectivity index (χ3v) is 5.79. The first-order valence-corrected chi connectivity index (χ1v) is 9.29. The highest BCUT2D eigenvalue weighted by molar-refractivity contribution is 9.10. The first-order valence-electron chi connectivity index (χ1n) is 6.68. The molecule has 1 aromatic carbocycles. The van der Waals surface area contributed by atoms with Crippen molar-refractivity contribution in [1.29, 1.82) is 0 Å². The molecule has 2 rings (SSSR count). The third-order valence-electron chi connectivity index (χ3n) is 3.36. The summed E-state index contributed by atoms with van der Waals surface area (Å²) in [5.74, 6) is 0.658. The van der Waals surface area contributed by atoms with Crippen LogP contribution in [-0.2, 0) is 14.6 Å². The van der Waals surface area contributed by atoms with E-state index in [1.54, 1.807) is 6.92 Å². The number of amides is 1. The maximum Gasteiger partial charge on any atom is 0.223 e. The Labute approximate surface area is 133 Å². The van der Waals surface area contributed by atoms with E-state index in [0.717, 1.165) is 4.47 Å². The lowest BCUT2D eigenvalue weighted by atomic mass is 10.0. The summed E-state index contributed by atoms with van der Waals surface area (Å²) in [6.45, 7) is 2.03. The Hall–Kier alpha value is -1.08. The molecule has 21 heavy (non-hydrogen) atoms. The van der Waals surface area contributed by atoms with Gasteiger partial charge in [-0.3, -0.25) is 4.79 Å². The van der Waals surface area contributed by atoms with Crippen molar-refractivity contribution in [2.24, 2.45) is 0 Å². The summed E-state index contributed by atoms with van der Waals surface area (Å²) in [7, 11) is -3.02. The van der Waals surface area contributed by atoms with Gasteiger partial charge in [0.1, 0.15) is 5.75 Å². The van der Waals surface area contributed by atoms with E-state index in [4.69, 9.17) is 4.74 Å². The Kier molecular flexibility index (Phi) is 4.93. The number of benzene rings is 1. The van der Waals surface area contributed by atoms with Crippen LogP contribution >= 0.6 is 15.9 Å². The van der Waals surface area contributed by atoms with Crippen LogP contribution in [0, 0.1) is 0 Å². The van der Waals surface area contributed by atoms with E-state index in [1.165, 1.54) is 0 Å². The topological polar surface area (TPSA) is 72.5 Å². The van der Waals surface area contributed by atoms with E-state index in [1.807, 2.05) is 24.3 Å². The average Bonchev–Trinajstić information content (AvgIpc) is 2.65. The summed E-state index contributed by atoms with van der Waals surface area (Å²) in [5, 5.41) is 2.80. The molecule has 0 saturated carbocycles. The molecule has 0 aliphatic carbocycles. The van der Waals surface area contributed by atoms with Gasteiger partial charge in [-0.25, -0.2) is 8.42 Å². The molecule has 1 saturated heterocycles. The summed E-state index contributed by atoms with van der Waals surface area (Å²) >= 11 is 3.33. The van der Waals surface area contributed by atoms with Gasteiger partial charge < -0.3 is 10.1 Å². The van der Waals surface area contributed by atoms with Gasteiger partial charge in [-0.1, -0.05) is 15.9 Å². The van der Waals surface area contributed by atoms with E-state index in [-0.39, 0.29) is 30.4 Å². The lowest BCUT2D eigenvalue weighted by molar-refractivity contribution is -0.123. The van der Waals surface area contributed by atoms with Crippen molar-refractivity contribution in [2.45, 2.75) is 25.3 Å². The van der Waals surface area contributed by atoms with Crippen molar-refractivity contribution in [1.82, 2.24) is 5.32 Å².